The maximum atomic E-state index is 11.7. The second-order valence-corrected chi connectivity index (χ2v) is 2.87. The molecule has 7 heteroatoms. The Hall–Kier alpha value is -0.820. The number of carbonyl (C=O) groups is 1. The zero-order chi connectivity index (χ0) is 11.4. The van der Waals surface area contributed by atoms with E-state index in [0.29, 0.717) is 0 Å². The van der Waals surface area contributed by atoms with E-state index in [4.69, 9.17) is 5.11 Å². The second-order valence-electron chi connectivity index (χ2n) is 2.87. The Morgan fingerprint density at radius 2 is 1.86 bits per heavy atom. The fraction of sp³-hybridized carbons (Fsp3) is 0.857. The van der Waals surface area contributed by atoms with Crippen molar-refractivity contribution < 1.29 is 32.5 Å². The van der Waals surface area contributed by atoms with Gasteiger partial charge in [0.05, 0.1) is 6.61 Å². The number of alkyl halides is 3. The highest BCUT2D eigenvalue weighted by Crippen LogP contribution is 2.20. The zero-order valence-electron chi connectivity index (χ0n) is 7.72. The molecule has 0 aliphatic rings. The SMILES string of the molecule is COCC(C)(OCC(F)(F)F)C(=O)O. The van der Waals surface area contributed by atoms with Crippen molar-refractivity contribution in [3.05, 3.63) is 0 Å². The summed E-state index contributed by atoms with van der Waals surface area (Å²) in [6.45, 7) is -1.04. The van der Waals surface area contributed by atoms with Crippen LogP contribution in [-0.2, 0) is 14.3 Å². The van der Waals surface area contributed by atoms with Crippen LogP contribution in [0, 0.1) is 0 Å². The molecule has 84 valence electrons. The van der Waals surface area contributed by atoms with Crippen LogP contribution in [-0.4, -0.2) is 43.2 Å². The number of hydrogen-bond donors (Lipinski definition) is 1. The lowest BCUT2D eigenvalue weighted by Gasteiger charge is -2.24. The molecule has 0 aromatic heterocycles. The molecule has 0 aliphatic carbocycles. The first-order valence-electron chi connectivity index (χ1n) is 3.64. The lowest BCUT2D eigenvalue weighted by Crippen LogP contribution is -2.44. The van der Waals surface area contributed by atoms with Gasteiger partial charge in [-0.25, -0.2) is 4.79 Å². The van der Waals surface area contributed by atoms with Crippen molar-refractivity contribution in [2.75, 3.05) is 20.3 Å². The minimum absolute atomic E-state index is 0.446. The summed E-state index contributed by atoms with van der Waals surface area (Å²) >= 11 is 0. The van der Waals surface area contributed by atoms with E-state index in [1.807, 2.05) is 0 Å². The fourth-order valence-corrected chi connectivity index (χ4v) is 0.682. The van der Waals surface area contributed by atoms with Crippen LogP contribution in [0.1, 0.15) is 6.92 Å². The van der Waals surface area contributed by atoms with Gasteiger partial charge in [0.25, 0.3) is 0 Å². The number of halogens is 3. The van der Waals surface area contributed by atoms with Crippen LogP contribution >= 0.6 is 0 Å². The monoisotopic (exact) mass is 216 g/mol. The van der Waals surface area contributed by atoms with E-state index >= 15 is 0 Å². The molecule has 1 atom stereocenters. The smallest absolute Gasteiger partial charge is 0.411 e. The molecule has 0 radical (unpaired) electrons. The summed E-state index contributed by atoms with van der Waals surface area (Å²) in [5, 5.41) is 8.59. The predicted octanol–water partition coefficient (Wildman–Crippen LogP) is 1.06. The molecular weight excluding hydrogens is 205 g/mol. The number of carboxylic acid groups (broad SMARTS) is 1. The van der Waals surface area contributed by atoms with E-state index in [1.54, 1.807) is 0 Å². The Labute approximate surface area is 78.6 Å². The van der Waals surface area contributed by atoms with E-state index in [9.17, 15) is 18.0 Å². The van der Waals surface area contributed by atoms with Crippen molar-refractivity contribution in [1.29, 1.82) is 0 Å². The van der Waals surface area contributed by atoms with Crippen molar-refractivity contribution in [2.45, 2.75) is 18.7 Å². The normalized spacial score (nSPS) is 16.4. The average Bonchev–Trinajstić information content (AvgIpc) is 2.00. The van der Waals surface area contributed by atoms with Crippen molar-refractivity contribution in [2.24, 2.45) is 0 Å². The Bertz CT molecular complexity index is 204. The van der Waals surface area contributed by atoms with Crippen molar-refractivity contribution >= 4 is 5.97 Å². The van der Waals surface area contributed by atoms with E-state index < -0.39 is 31.0 Å². The predicted molar refractivity (Wildman–Crippen MR) is 39.9 cm³/mol. The molecule has 0 bridgehead atoms. The Balaban J connectivity index is 4.31. The van der Waals surface area contributed by atoms with Crippen LogP contribution in [0.5, 0.6) is 0 Å². The fourth-order valence-electron chi connectivity index (χ4n) is 0.682. The first-order valence-corrected chi connectivity index (χ1v) is 3.64. The third-order valence-corrected chi connectivity index (χ3v) is 1.43. The minimum atomic E-state index is -4.55. The lowest BCUT2D eigenvalue weighted by molar-refractivity contribution is -0.216. The van der Waals surface area contributed by atoms with E-state index in [-0.39, 0.29) is 0 Å². The summed E-state index contributed by atoms with van der Waals surface area (Å²) < 4.78 is 43.9. The van der Waals surface area contributed by atoms with Crippen LogP contribution in [0.15, 0.2) is 0 Å². The molecule has 0 heterocycles. The first kappa shape index (κ1) is 13.2. The Kier molecular flexibility index (Phi) is 4.34. The maximum Gasteiger partial charge on any atom is 0.411 e. The summed E-state index contributed by atoms with van der Waals surface area (Å²) in [6, 6.07) is 0. The summed E-state index contributed by atoms with van der Waals surface area (Å²) in [6.07, 6.45) is -4.55. The van der Waals surface area contributed by atoms with Crippen molar-refractivity contribution in [1.82, 2.24) is 0 Å². The number of carboxylic acids is 1. The van der Waals surface area contributed by atoms with Gasteiger partial charge in [0.1, 0.15) is 6.61 Å². The van der Waals surface area contributed by atoms with Crippen LogP contribution in [0.25, 0.3) is 0 Å². The standard InChI is InChI=1S/C7H11F3O4/c1-6(3-13-2,5(11)12)14-4-7(8,9)10/h3-4H2,1-2H3,(H,11,12). The summed E-state index contributed by atoms with van der Waals surface area (Å²) in [4.78, 5) is 10.6. The highest BCUT2D eigenvalue weighted by molar-refractivity contribution is 5.77. The van der Waals surface area contributed by atoms with Gasteiger partial charge in [-0.3, -0.25) is 0 Å². The van der Waals surface area contributed by atoms with Gasteiger partial charge >= 0.3 is 12.1 Å². The number of methoxy groups -OCH3 is 1. The first-order chi connectivity index (χ1) is 6.21. The minimum Gasteiger partial charge on any atom is -0.479 e. The molecule has 0 spiro atoms. The van der Waals surface area contributed by atoms with Gasteiger partial charge < -0.3 is 14.6 Å². The molecule has 0 amide bonds. The van der Waals surface area contributed by atoms with Crippen LogP contribution in [0.2, 0.25) is 0 Å². The number of rotatable bonds is 5. The molecule has 0 saturated heterocycles. The van der Waals surface area contributed by atoms with E-state index in [0.717, 1.165) is 6.92 Å². The van der Waals surface area contributed by atoms with Crippen LogP contribution < -0.4 is 0 Å². The van der Waals surface area contributed by atoms with E-state index in [1.165, 1.54) is 7.11 Å². The molecule has 1 unspecified atom stereocenters. The van der Waals surface area contributed by atoms with Gasteiger partial charge in [-0.1, -0.05) is 0 Å². The summed E-state index contributed by atoms with van der Waals surface area (Å²) in [7, 11) is 1.18. The quantitative estimate of drug-likeness (QED) is 0.746. The van der Waals surface area contributed by atoms with Crippen LogP contribution in [0.3, 0.4) is 0 Å². The molecule has 0 fully saturated rings. The summed E-state index contributed by atoms with van der Waals surface area (Å²) in [5.41, 5.74) is -1.97. The van der Waals surface area contributed by atoms with Crippen molar-refractivity contribution in [3.8, 4) is 0 Å². The third-order valence-electron chi connectivity index (χ3n) is 1.43. The second kappa shape index (κ2) is 4.61. The number of hydrogen-bond acceptors (Lipinski definition) is 3. The van der Waals surface area contributed by atoms with Gasteiger partial charge in [0, 0.05) is 7.11 Å². The summed E-state index contributed by atoms with van der Waals surface area (Å²) in [5.74, 6) is -1.50. The van der Waals surface area contributed by atoms with Crippen LogP contribution in [0.4, 0.5) is 13.2 Å². The lowest BCUT2D eigenvalue weighted by atomic mass is 10.1. The van der Waals surface area contributed by atoms with Gasteiger partial charge in [0.15, 0.2) is 5.60 Å². The molecule has 14 heavy (non-hydrogen) atoms. The molecule has 1 N–H and O–H groups in total. The molecule has 0 aromatic rings. The molecule has 4 nitrogen and oxygen atoms in total. The Morgan fingerprint density at radius 1 is 1.36 bits per heavy atom. The molecule has 0 rings (SSSR count). The highest BCUT2D eigenvalue weighted by Gasteiger charge is 2.39. The van der Waals surface area contributed by atoms with Crippen molar-refractivity contribution in [3.63, 3.8) is 0 Å². The van der Waals surface area contributed by atoms with Gasteiger partial charge in [-0.2, -0.15) is 13.2 Å². The zero-order valence-corrected chi connectivity index (χ0v) is 7.72. The largest absolute Gasteiger partial charge is 0.479 e. The molecule has 0 saturated carbocycles. The number of ether oxygens (including phenoxy) is 2. The topological polar surface area (TPSA) is 55.8 Å². The van der Waals surface area contributed by atoms with Gasteiger partial charge in [-0.15, -0.1) is 0 Å². The molecule has 0 aliphatic heterocycles. The number of aliphatic carboxylic acids is 1. The van der Waals surface area contributed by atoms with E-state index in [2.05, 4.69) is 9.47 Å². The van der Waals surface area contributed by atoms with Gasteiger partial charge in [0.2, 0.25) is 0 Å². The maximum absolute atomic E-state index is 11.7. The average molecular weight is 216 g/mol. The van der Waals surface area contributed by atoms with Gasteiger partial charge in [-0.05, 0) is 6.92 Å². The third kappa shape index (κ3) is 4.43. The highest BCUT2D eigenvalue weighted by atomic mass is 19.4. The Morgan fingerprint density at radius 3 is 2.14 bits per heavy atom. The molecule has 0 aromatic carbocycles. The molecular formula is C7H11F3O4.